The van der Waals surface area contributed by atoms with E-state index in [2.05, 4.69) is 6.58 Å². The summed E-state index contributed by atoms with van der Waals surface area (Å²) in [5.74, 6) is -0.640. The van der Waals surface area contributed by atoms with Crippen molar-refractivity contribution in [1.29, 1.82) is 0 Å². The van der Waals surface area contributed by atoms with E-state index in [1.165, 1.54) is 0 Å². The first-order valence-corrected chi connectivity index (χ1v) is 7.69. The predicted molar refractivity (Wildman–Crippen MR) is 98.1 cm³/mol. The topological polar surface area (TPSA) is 59.8 Å². The minimum Gasteiger partial charge on any atom is -0.452 e. The van der Waals surface area contributed by atoms with E-state index in [9.17, 15) is 9.59 Å². The van der Waals surface area contributed by atoms with Crippen LogP contribution >= 0.6 is 0 Å². The van der Waals surface area contributed by atoms with Gasteiger partial charge in [-0.3, -0.25) is 4.79 Å². The van der Waals surface area contributed by atoms with Crippen LogP contribution < -0.4 is 15.1 Å². The molecule has 0 spiro atoms. The summed E-state index contributed by atoms with van der Waals surface area (Å²) in [6.07, 6.45) is 1.01. The van der Waals surface area contributed by atoms with Gasteiger partial charge in [0.15, 0.2) is 5.76 Å². The van der Waals surface area contributed by atoms with Crippen molar-refractivity contribution in [1.82, 2.24) is 0 Å². The number of ether oxygens (including phenoxy) is 1. The number of nitrogens with zero attached hydrogens (tertiary/aromatic N) is 1. The van der Waals surface area contributed by atoms with Gasteiger partial charge in [0.25, 0.3) is 0 Å². The van der Waals surface area contributed by atoms with Crippen LogP contribution in [0.5, 0.6) is 5.75 Å². The maximum atomic E-state index is 12.8. The standard InChI is InChI=1S/C20H17NO4/c1-4-17(22)25-20-18(23)15-7-5-6-8-16(15)24-19(20)13-9-11-14(12-10-13)21(2)3/h4-12H,1H2,2-3H3. The number of esters is 1. The Morgan fingerprint density at radius 1 is 1.12 bits per heavy atom. The van der Waals surface area contributed by atoms with Gasteiger partial charge in [-0.2, -0.15) is 0 Å². The fraction of sp³-hybridized carbons (Fsp3) is 0.100. The Balaban J connectivity index is 2.24. The SMILES string of the molecule is C=CC(=O)Oc1c(-c2ccc(N(C)C)cc2)oc2ccccc2c1=O. The Kier molecular flexibility index (Phi) is 4.39. The predicted octanol–water partition coefficient (Wildman–Crippen LogP) is 3.62. The van der Waals surface area contributed by atoms with Gasteiger partial charge in [0.05, 0.1) is 5.39 Å². The van der Waals surface area contributed by atoms with Crippen LogP contribution in [0.25, 0.3) is 22.3 Å². The summed E-state index contributed by atoms with van der Waals surface area (Å²) in [6.45, 7) is 3.37. The molecule has 0 unspecified atom stereocenters. The molecule has 2 aromatic carbocycles. The first kappa shape index (κ1) is 16.5. The normalized spacial score (nSPS) is 10.5. The Bertz CT molecular complexity index is 1000. The van der Waals surface area contributed by atoms with Gasteiger partial charge in [0.2, 0.25) is 11.2 Å². The van der Waals surface area contributed by atoms with E-state index in [0.29, 0.717) is 16.5 Å². The molecule has 5 heteroatoms. The molecule has 0 N–H and O–H groups in total. The van der Waals surface area contributed by atoms with Gasteiger partial charge in [0.1, 0.15) is 5.58 Å². The van der Waals surface area contributed by atoms with Crippen molar-refractivity contribution in [2.75, 3.05) is 19.0 Å². The zero-order chi connectivity index (χ0) is 18.0. The monoisotopic (exact) mass is 335 g/mol. The molecule has 5 nitrogen and oxygen atoms in total. The lowest BCUT2D eigenvalue weighted by Gasteiger charge is -2.13. The van der Waals surface area contributed by atoms with Gasteiger partial charge in [-0.05, 0) is 36.4 Å². The number of rotatable bonds is 4. The van der Waals surface area contributed by atoms with Gasteiger partial charge in [-0.15, -0.1) is 0 Å². The minimum atomic E-state index is -0.714. The fourth-order valence-electron chi connectivity index (χ4n) is 2.46. The van der Waals surface area contributed by atoms with E-state index in [4.69, 9.17) is 9.15 Å². The third kappa shape index (κ3) is 3.17. The second kappa shape index (κ2) is 6.65. The second-order valence-corrected chi connectivity index (χ2v) is 5.65. The van der Waals surface area contributed by atoms with E-state index in [1.54, 1.807) is 24.3 Å². The largest absolute Gasteiger partial charge is 0.452 e. The van der Waals surface area contributed by atoms with Gasteiger partial charge in [-0.25, -0.2) is 4.79 Å². The van der Waals surface area contributed by atoms with Gasteiger partial charge in [0, 0.05) is 31.4 Å². The van der Waals surface area contributed by atoms with Gasteiger partial charge < -0.3 is 14.1 Å². The number of hydrogen-bond acceptors (Lipinski definition) is 5. The summed E-state index contributed by atoms with van der Waals surface area (Å²) in [5, 5.41) is 0.350. The van der Waals surface area contributed by atoms with Crippen molar-refractivity contribution in [2.24, 2.45) is 0 Å². The molecule has 0 aliphatic heterocycles. The maximum absolute atomic E-state index is 12.8. The molecule has 1 heterocycles. The minimum absolute atomic E-state index is 0.138. The molecule has 25 heavy (non-hydrogen) atoms. The fourth-order valence-corrected chi connectivity index (χ4v) is 2.46. The molecule has 0 atom stereocenters. The lowest BCUT2D eigenvalue weighted by Crippen LogP contribution is -2.14. The summed E-state index contributed by atoms with van der Waals surface area (Å²) < 4.78 is 11.1. The molecule has 0 aliphatic rings. The highest BCUT2D eigenvalue weighted by Gasteiger charge is 2.19. The van der Waals surface area contributed by atoms with Crippen LogP contribution in [-0.4, -0.2) is 20.1 Å². The van der Waals surface area contributed by atoms with Crippen LogP contribution in [-0.2, 0) is 4.79 Å². The van der Waals surface area contributed by atoms with Gasteiger partial charge in [-0.1, -0.05) is 18.7 Å². The van der Waals surface area contributed by atoms with Crippen LogP contribution in [0.2, 0.25) is 0 Å². The van der Waals surface area contributed by atoms with Crippen molar-refractivity contribution >= 4 is 22.6 Å². The number of fused-ring (bicyclic) bond motifs is 1. The van der Waals surface area contributed by atoms with Crippen LogP contribution in [0.15, 0.2) is 70.4 Å². The number of carbonyl (C=O) groups excluding carboxylic acids is 1. The molecule has 0 saturated carbocycles. The van der Waals surface area contributed by atoms with Gasteiger partial charge >= 0.3 is 5.97 Å². The van der Waals surface area contributed by atoms with E-state index in [-0.39, 0.29) is 11.5 Å². The number of para-hydroxylation sites is 1. The lowest BCUT2D eigenvalue weighted by molar-refractivity contribution is -0.129. The molecule has 3 rings (SSSR count). The molecule has 0 radical (unpaired) electrons. The van der Waals surface area contributed by atoms with Crippen molar-refractivity contribution in [3.05, 3.63) is 71.4 Å². The lowest BCUT2D eigenvalue weighted by atomic mass is 10.1. The molecule has 1 aromatic heterocycles. The molecule has 3 aromatic rings. The first-order valence-electron chi connectivity index (χ1n) is 7.69. The molecule has 0 saturated heterocycles. The van der Waals surface area contributed by atoms with Crippen molar-refractivity contribution in [3.8, 4) is 17.1 Å². The van der Waals surface area contributed by atoms with E-state index < -0.39 is 11.4 Å². The van der Waals surface area contributed by atoms with Crippen LogP contribution in [0.1, 0.15) is 0 Å². The Labute approximate surface area is 144 Å². The molecule has 0 amide bonds. The number of benzene rings is 2. The highest BCUT2D eigenvalue weighted by molar-refractivity contribution is 5.87. The zero-order valence-corrected chi connectivity index (χ0v) is 14.0. The third-order valence-corrected chi connectivity index (χ3v) is 3.77. The average Bonchev–Trinajstić information content (AvgIpc) is 2.63. The maximum Gasteiger partial charge on any atom is 0.335 e. The van der Waals surface area contributed by atoms with Crippen molar-refractivity contribution in [3.63, 3.8) is 0 Å². The smallest absolute Gasteiger partial charge is 0.335 e. The molecule has 0 bridgehead atoms. The highest BCUT2D eigenvalue weighted by Crippen LogP contribution is 2.32. The molecule has 126 valence electrons. The Morgan fingerprint density at radius 2 is 1.80 bits per heavy atom. The van der Waals surface area contributed by atoms with Crippen LogP contribution in [0.4, 0.5) is 5.69 Å². The number of hydrogen-bond donors (Lipinski definition) is 0. The summed E-state index contributed by atoms with van der Waals surface area (Å²) in [4.78, 5) is 26.4. The Morgan fingerprint density at radius 3 is 2.44 bits per heavy atom. The highest BCUT2D eigenvalue weighted by atomic mass is 16.5. The first-order chi connectivity index (χ1) is 12.0. The molecular formula is C20H17NO4. The summed E-state index contributed by atoms with van der Waals surface area (Å²) in [5.41, 5.74) is 1.66. The third-order valence-electron chi connectivity index (χ3n) is 3.77. The Hall–Kier alpha value is -3.34. The zero-order valence-electron chi connectivity index (χ0n) is 14.0. The van der Waals surface area contributed by atoms with Crippen LogP contribution in [0, 0.1) is 0 Å². The molecule has 0 fully saturated rings. The molecule has 0 aliphatic carbocycles. The van der Waals surface area contributed by atoms with E-state index in [1.807, 2.05) is 43.3 Å². The van der Waals surface area contributed by atoms with E-state index >= 15 is 0 Å². The average molecular weight is 335 g/mol. The van der Waals surface area contributed by atoms with Crippen molar-refractivity contribution in [2.45, 2.75) is 0 Å². The van der Waals surface area contributed by atoms with E-state index in [0.717, 1.165) is 11.8 Å². The quantitative estimate of drug-likeness (QED) is 0.538. The second-order valence-electron chi connectivity index (χ2n) is 5.65. The summed E-state index contributed by atoms with van der Waals surface area (Å²) in [6, 6.07) is 14.2. The summed E-state index contributed by atoms with van der Waals surface area (Å²) in [7, 11) is 3.87. The summed E-state index contributed by atoms with van der Waals surface area (Å²) >= 11 is 0. The van der Waals surface area contributed by atoms with Crippen LogP contribution in [0.3, 0.4) is 0 Å². The number of anilines is 1. The number of carbonyl (C=O) groups is 1. The molecular weight excluding hydrogens is 318 g/mol. The van der Waals surface area contributed by atoms with Crippen molar-refractivity contribution < 1.29 is 13.9 Å².